The van der Waals surface area contributed by atoms with Gasteiger partial charge >= 0.3 is 0 Å². The Morgan fingerprint density at radius 3 is 2.92 bits per heavy atom. The number of hydrogen-bond donors (Lipinski definition) is 0. The van der Waals surface area contributed by atoms with Gasteiger partial charge in [-0.2, -0.15) is 0 Å². The van der Waals surface area contributed by atoms with Crippen molar-refractivity contribution >= 4 is 5.78 Å². The standard InChI is InChI=1S/C10H12N2O/c1-7(13)4-9-5-10(8-2-3-8)12-6-11-9/h5-6,8H,2-4H2,1H3. The largest absolute Gasteiger partial charge is 0.300 e. The van der Waals surface area contributed by atoms with Gasteiger partial charge in [-0.3, -0.25) is 4.79 Å². The lowest BCUT2D eigenvalue weighted by atomic mass is 10.2. The zero-order valence-corrected chi connectivity index (χ0v) is 7.66. The van der Waals surface area contributed by atoms with E-state index in [9.17, 15) is 4.79 Å². The summed E-state index contributed by atoms with van der Waals surface area (Å²) >= 11 is 0. The number of rotatable bonds is 3. The minimum Gasteiger partial charge on any atom is -0.300 e. The fraction of sp³-hybridized carbons (Fsp3) is 0.500. The molecular formula is C10H12N2O. The normalized spacial score (nSPS) is 15.8. The lowest BCUT2D eigenvalue weighted by molar-refractivity contribution is -0.116. The van der Waals surface area contributed by atoms with Crippen LogP contribution >= 0.6 is 0 Å². The Bertz CT molecular complexity index is 331. The maximum absolute atomic E-state index is 10.8. The molecule has 0 radical (unpaired) electrons. The number of ketones is 1. The monoisotopic (exact) mass is 176 g/mol. The molecule has 0 aliphatic heterocycles. The van der Waals surface area contributed by atoms with Crippen LogP contribution in [0.5, 0.6) is 0 Å². The van der Waals surface area contributed by atoms with Gasteiger partial charge in [0.05, 0.1) is 5.69 Å². The summed E-state index contributed by atoms with van der Waals surface area (Å²) in [6.45, 7) is 1.58. The van der Waals surface area contributed by atoms with Gasteiger partial charge in [0.1, 0.15) is 12.1 Å². The fourth-order valence-electron chi connectivity index (χ4n) is 1.37. The first-order valence-electron chi connectivity index (χ1n) is 4.56. The van der Waals surface area contributed by atoms with Crippen LogP contribution in [0.1, 0.15) is 37.1 Å². The third-order valence-corrected chi connectivity index (χ3v) is 2.17. The van der Waals surface area contributed by atoms with Crippen molar-refractivity contribution in [1.29, 1.82) is 0 Å². The van der Waals surface area contributed by atoms with E-state index in [1.807, 2.05) is 6.07 Å². The summed E-state index contributed by atoms with van der Waals surface area (Å²) in [4.78, 5) is 19.1. The first kappa shape index (κ1) is 8.35. The molecule has 0 N–H and O–H groups in total. The van der Waals surface area contributed by atoms with E-state index in [1.165, 1.54) is 12.8 Å². The van der Waals surface area contributed by atoms with Crippen LogP contribution in [0.3, 0.4) is 0 Å². The Kier molecular flexibility index (Phi) is 2.08. The second-order valence-corrected chi connectivity index (χ2v) is 3.59. The minimum absolute atomic E-state index is 0.153. The predicted octanol–water partition coefficient (Wildman–Crippen LogP) is 1.49. The van der Waals surface area contributed by atoms with Crippen LogP contribution in [-0.4, -0.2) is 15.8 Å². The molecule has 2 rings (SSSR count). The molecule has 1 aromatic heterocycles. The van der Waals surface area contributed by atoms with Gasteiger partial charge in [-0.25, -0.2) is 9.97 Å². The van der Waals surface area contributed by atoms with Crippen LogP contribution in [0.2, 0.25) is 0 Å². The topological polar surface area (TPSA) is 42.9 Å². The van der Waals surface area contributed by atoms with Crippen molar-refractivity contribution < 1.29 is 4.79 Å². The molecule has 0 bridgehead atoms. The smallest absolute Gasteiger partial charge is 0.135 e. The lowest BCUT2D eigenvalue weighted by Gasteiger charge is -1.99. The number of Topliss-reactive ketones (excluding diaryl/α,β-unsaturated/α-hetero) is 1. The highest BCUT2D eigenvalue weighted by Gasteiger charge is 2.25. The van der Waals surface area contributed by atoms with Crippen LogP contribution in [-0.2, 0) is 11.2 Å². The molecule has 0 atom stereocenters. The van der Waals surface area contributed by atoms with Crippen molar-refractivity contribution in [3.05, 3.63) is 23.8 Å². The van der Waals surface area contributed by atoms with Crippen molar-refractivity contribution in [3.8, 4) is 0 Å². The van der Waals surface area contributed by atoms with Gasteiger partial charge in [0.15, 0.2) is 0 Å². The number of carbonyl (C=O) groups is 1. The van der Waals surface area contributed by atoms with Crippen molar-refractivity contribution in [3.63, 3.8) is 0 Å². The fourth-order valence-corrected chi connectivity index (χ4v) is 1.37. The van der Waals surface area contributed by atoms with Crippen LogP contribution in [0.4, 0.5) is 0 Å². The second-order valence-electron chi connectivity index (χ2n) is 3.59. The second kappa shape index (κ2) is 3.24. The minimum atomic E-state index is 0.153. The van der Waals surface area contributed by atoms with Crippen molar-refractivity contribution in [2.75, 3.05) is 0 Å². The van der Waals surface area contributed by atoms with E-state index in [2.05, 4.69) is 9.97 Å². The van der Waals surface area contributed by atoms with E-state index in [1.54, 1.807) is 13.3 Å². The molecule has 1 saturated carbocycles. The van der Waals surface area contributed by atoms with E-state index >= 15 is 0 Å². The van der Waals surface area contributed by atoms with Crippen LogP contribution in [0, 0.1) is 0 Å². The van der Waals surface area contributed by atoms with Crippen molar-refractivity contribution in [2.24, 2.45) is 0 Å². The Labute approximate surface area is 77.2 Å². The van der Waals surface area contributed by atoms with E-state index in [-0.39, 0.29) is 5.78 Å². The summed E-state index contributed by atoms with van der Waals surface area (Å²) in [5, 5.41) is 0. The van der Waals surface area contributed by atoms with Crippen LogP contribution in [0.15, 0.2) is 12.4 Å². The van der Waals surface area contributed by atoms with E-state index in [4.69, 9.17) is 0 Å². The number of aromatic nitrogens is 2. The Balaban J connectivity index is 2.16. The number of carbonyl (C=O) groups excluding carboxylic acids is 1. The van der Waals surface area contributed by atoms with E-state index in [0.29, 0.717) is 12.3 Å². The molecule has 3 nitrogen and oxygen atoms in total. The van der Waals surface area contributed by atoms with Gasteiger partial charge in [0, 0.05) is 18.0 Å². The summed E-state index contributed by atoms with van der Waals surface area (Å²) in [6, 6.07) is 1.96. The van der Waals surface area contributed by atoms with Gasteiger partial charge in [0.25, 0.3) is 0 Å². The molecule has 0 amide bonds. The third kappa shape index (κ3) is 2.11. The summed E-state index contributed by atoms with van der Waals surface area (Å²) < 4.78 is 0. The maximum Gasteiger partial charge on any atom is 0.135 e. The molecular weight excluding hydrogens is 164 g/mol. The predicted molar refractivity (Wildman–Crippen MR) is 48.4 cm³/mol. The average Bonchev–Trinajstić information content (AvgIpc) is 2.85. The molecule has 0 aromatic carbocycles. The first-order valence-corrected chi connectivity index (χ1v) is 4.56. The van der Waals surface area contributed by atoms with Gasteiger partial charge in [-0.05, 0) is 25.8 Å². The highest BCUT2D eigenvalue weighted by Crippen LogP contribution is 2.38. The third-order valence-electron chi connectivity index (χ3n) is 2.17. The Morgan fingerprint density at radius 2 is 2.31 bits per heavy atom. The summed E-state index contributed by atoms with van der Waals surface area (Å²) in [7, 11) is 0. The molecule has 1 fully saturated rings. The number of nitrogens with zero attached hydrogens (tertiary/aromatic N) is 2. The summed E-state index contributed by atoms with van der Waals surface area (Å²) in [5.74, 6) is 0.786. The lowest BCUT2D eigenvalue weighted by Crippen LogP contribution is -2.01. The maximum atomic E-state index is 10.8. The van der Waals surface area contributed by atoms with Crippen LogP contribution in [0.25, 0.3) is 0 Å². The molecule has 3 heteroatoms. The zero-order chi connectivity index (χ0) is 9.26. The van der Waals surface area contributed by atoms with Gasteiger partial charge in [-0.1, -0.05) is 0 Å². The van der Waals surface area contributed by atoms with E-state index < -0.39 is 0 Å². The van der Waals surface area contributed by atoms with Gasteiger partial charge in [-0.15, -0.1) is 0 Å². The first-order chi connectivity index (χ1) is 6.25. The molecule has 1 aromatic rings. The summed E-state index contributed by atoms with van der Waals surface area (Å²) in [6.07, 6.45) is 4.46. The zero-order valence-electron chi connectivity index (χ0n) is 7.66. The average molecular weight is 176 g/mol. The molecule has 0 saturated heterocycles. The number of hydrogen-bond acceptors (Lipinski definition) is 3. The molecule has 13 heavy (non-hydrogen) atoms. The molecule has 1 aliphatic rings. The SMILES string of the molecule is CC(=O)Cc1cc(C2CC2)ncn1. The Morgan fingerprint density at radius 1 is 1.54 bits per heavy atom. The molecule has 68 valence electrons. The summed E-state index contributed by atoms with van der Waals surface area (Å²) in [5.41, 5.74) is 1.95. The van der Waals surface area contributed by atoms with Gasteiger partial charge < -0.3 is 0 Å². The molecule has 1 heterocycles. The van der Waals surface area contributed by atoms with Crippen molar-refractivity contribution in [1.82, 2.24) is 9.97 Å². The molecule has 0 unspecified atom stereocenters. The molecule has 0 spiro atoms. The Hall–Kier alpha value is -1.25. The van der Waals surface area contributed by atoms with Crippen molar-refractivity contribution in [2.45, 2.75) is 32.1 Å². The van der Waals surface area contributed by atoms with E-state index in [0.717, 1.165) is 11.4 Å². The quantitative estimate of drug-likeness (QED) is 0.700. The highest BCUT2D eigenvalue weighted by atomic mass is 16.1. The van der Waals surface area contributed by atoms with Crippen LogP contribution < -0.4 is 0 Å². The molecule has 1 aliphatic carbocycles. The highest BCUT2D eigenvalue weighted by molar-refractivity contribution is 5.77. The van der Waals surface area contributed by atoms with Gasteiger partial charge in [0.2, 0.25) is 0 Å².